The lowest BCUT2D eigenvalue weighted by atomic mass is 10.2. The van der Waals surface area contributed by atoms with Crippen LogP contribution >= 0.6 is 15.9 Å². The summed E-state index contributed by atoms with van der Waals surface area (Å²) in [5.74, 6) is -1.27. The van der Waals surface area contributed by atoms with Crippen molar-refractivity contribution in [1.82, 2.24) is 10.6 Å². The highest BCUT2D eigenvalue weighted by Gasteiger charge is 2.18. The van der Waals surface area contributed by atoms with Crippen molar-refractivity contribution in [2.75, 3.05) is 6.61 Å². The first-order valence-electron chi connectivity index (χ1n) is 7.07. The molecule has 0 spiro atoms. The number of amides is 3. The predicted octanol–water partition coefficient (Wildman–Crippen LogP) is 2.37. The van der Waals surface area contributed by atoms with Gasteiger partial charge in [-0.3, -0.25) is 10.1 Å². The number of hydrogen-bond donors (Lipinski definition) is 2. The molecule has 118 valence electrons. The summed E-state index contributed by atoms with van der Waals surface area (Å²) in [5, 5.41) is 4.87. The van der Waals surface area contributed by atoms with E-state index in [1.165, 1.54) is 0 Å². The van der Waals surface area contributed by atoms with Gasteiger partial charge in [0.15, 0.2) is 6.61 Å². The molecular weight excluding hydrogens is 352 g/mol. The maximum absolute atomic E-state index is 11.7. The summed E-state index contributed by atoms with van der Waals surface area (Å²) in [7, 11) is 0. The molecule has 7 heteroatoms. The van der Waals surface area contributed by atoms with Crippen molar-refractivity contribution in [1.29, 1.82) is 0 Å². The quantitative estimate of drug-likeness (QED) is 0.799. The lowest BCUT2D eigenvalue weighted by molar-refractivity contribution is -0.123. The minimum atomic E-state index is -0.654. The van der Waals surface area contributed by atoms with Crippen molar-refractivity contribution in [3.63, 3.8) is 0 Å². The van der Waals surface area contributed by atoms with E-state index in [1.54, 1.807) is 24.3 Å². The first-order chi connectivity index (χ1) is 10.5. The molecular formula is C15H17BrN2O4. The van der Waals surface area contributed by atoms with Crippen LogP contribution < -0.4 is 10.6 Å². The van der Waals surface area contributed by atoms with Crippen LogP contribution in [-0.4, -0.2) is 30.6 Å². The lowest BCUT2D eigenvalue weighted by Gasteiger charge is -2.12. The van der Waals surface area contributed by atoms with Gasteiger partial charge in [0.25, 0.3) is 5.91 Å². The number of nitrogens with one attached hydrogen (secondary N) is 2. The maximum atomic E-state index is 11.7. The van der Waals surface area contributed by atoms with E-state index in [4.69, 9.17) is 4.74 Å². The number of imide groups is 1. The zero-order valence-corrected chi connectivity index (χ0v) is 13.5. The number of urea groups is 1. The van der Waals surface area contributed by atoms with Gasteiger partial charge in [-0.25, -0.2) is 9.59 Å². The van der Waals surface area contributed by atoms with Crippen LogP contribution in [0.1, 0.15) is 36.0 Å². The molecule has 0 bridgehead atoms. The third kappa shape index (κ3) is 5.14. The fraction of sp³-hybridized carbons (Fsp3) is 0.400. The normalized spacial score (nSPS) is 14.4. The molecule has 0 aliphatic heterocycles. The average molecular weight is 369 g/mol. The number of rotatable bonds is 4. The lowest BCUT2D eigenvalue weighted by Crippen LogP contribution is -2.44. The van der Waals surface area contributed by atoms with Gasteiger partial charge >= 0.3 is 12.0 Å². The molecule has 1 aliphatic carbocycles. The van der Waals surface area contributed by atoms with Crippen molar-refractivity contribution in [2.24, 2.45) is 0 Å². The Labute approximate surface area is 136 Å². The molecule has 2 N–H and O–H groups in total. The van der Waals surface area contributed by atoms with Gasteiger partial charge in [0.1, 0.15) is 0 Å². The van der Waals surface area contributed by atoms with Gasteiger partial charge in [-0.1, -0.05) is 34.8 Å². The van der Waals surface area contributed by atoms with Crippen LogP contribution in [0.3, 0.4) is 0 Å². The minimum Gasteiger partial charge on any atom is -0.452 e. The van der Waals surface area contributed by atoms with E-state index in [2.05, 4.69) is 26.6 Å². The number of hydrogen-bond acceptors (Lipinski definition) is 4. The van der Waals surface area contributed by atoms with E-state index in [1.807, 2.05) is 0 Å². The highest BCUT2D eigenvalue weighted by molar-refractivity contribution is 9.10. The first-order valence-corrected chi connectivity index (χ1v) is 7.87. The van der Waals surface area contributed by atoms with Crippen molar-refractivity contribution >= 4 is 33.8 Å². The van der Waals surface area contributed by atoms with Crippen LogP contribution in [0.4, 0.5) is 4.79 Å². The summed E-state index contributed by atoms with van der Waals surface area (Å²) in [4.78, 5) is 34.9. The van der Waals surface area contributed by atoms with Crippen molar-refractivity contribution in [2.45, 2.75) is 31.7 Å². The molecule has 3 amide bonds. The molecule has 1 aliphatic rings. The van der Waals surface area contributed by atoms with Crippen LogP contribution in [0.25, 0.3) is 0 Å². The summed E-state index contributed by atoms with van der Waals surface area (Å²) in [6.45, 7) is -0.497. The van der Waals surface area contributed by atoms with Crippen molar-refractivity contribution in [3.8, 4) is 0 Å². The van der Waals surface area contributed by atoms with Gasteiger partial charge in [-0.05, 0) is 31.0 Å². The molecule has 0 radical (unpaired) electrons. The smallest absolute Gasteiger partial charge is 0.338 e. The summed E-state index contributed by atoms with van der Waals surface area (Å²) in [6.07, 6.45) is 4.03. The largest absolute Gasteiger partial charge is 0.452 e. The molecule has 0 saturated heterocycles. The number of carbonyl (C=O) groups is 3. The second kappa shape index (κ2) is 7.93. The van der Waals surface area contributed by atoms with E-state index in [0.29, 0.717) is 5.56 Å². The molecule has 1 aromatic carbocycles. The summed E-state index contributed by atoms with van der Waals surface area (Å²) in [6, 6.07) is 6.21. The van der Waals surface area contributed by atoms with Gasteiger partial charge < -0.3 is 10.1 Å². The van der Waals surface area contributed by atoms with Crippen molar-refractivity contribution < 1.29 is 19.1 Å². The van der Waals surface area contributed by atoms with E-state index >= 15 is 0 Å². The highest BCUT2D eigenvalue weighted by atomic mass is 79.9. The Kier molecular flexibility index (Phi) is 5.94. The maximum Gasteiger partial charge on any atom is 0.338 e. The number of esters is 1. The van der Waals surface area contributed by atoms with Crippen LogP contribution in [-0.2, 0) is 9.53 Å². The Morgan fingerprint density at radius 2 is 1.95 bits per heavy atom. The second-order valence-electron chi connectivity index (χ2n) is 5.09. The van der Waals surface area contributed by atoms with E-state index in [9.17, 15) is 14.4 Å². The third-order valence-corrected chi connectivity index (χ3v) is 3.83. The Morgan fingerprint density at radius 3 is 2.64 bits per heavy atom. The molecule has 1 aromatic rings. The highest BCUT2D eigenvalue weighted by Crippen LogP contribution is 2.17. The van der Waals surface area contributed by atoms with Gasteiger partial charge in [0.05, 0.1) is 5.56 Å². The molecule has 0 unspecified atom stereocenters. The molecule has 2 rings (SSSR count). The van der Waals surface area contributed by atoms with Crippen LogP contribution in [0.2, 0.25) is 0 Å². The fourth-order valence-electron chi connectivity index (χ4n) is 2.28. The molecule has 0 heterocycles. The summed E-state index contributed by atoms with van der Waals surface area (Å²) in [5.41, 5.74) is 0.331. The average Bonchev–Trinajstić information content (AvgIpc) is 2.97. The SMILES string of the molecule is O=C(COC(=O)c1cccc(Br)c1)NC(=O)NC1CCCC1. The van der Waals surface area contributed by atoms with E-state index < -0.39 is 24.5 Å². The van der Waals surface area contributed by atoms with Gasteiger partial charge in [0, 0.05) is 10.5 Å². The minimum absolute atomic E-state index is 0.122. The summed E-state index contributed by atoms with van der Waals surface area (Å²) < 4.78 is 5.60. The Balaban J connectivity index is 1.72. The fourth-order valence-corrected chi connectivity index (χ4v) is 2.68. The number of ether oxygens (including phenoxy) is 1. The summed E-state index contributed by atoms with van der Waals surface area (Å²) >= 11 is 3.24. The van der Waals surface area contributed by atoms with Gasteiger partial charge in [-0.2, -0.15) is 0 Å². The first kappa shape index (κ1) is 16.5. The molecule has 6 nitrogen and oxygen atoms in total. The van der Waals surface area contributed by atoms with E-state index in [-0.39, 0.29) is 6.04 Å². The zero-order chi connectivity index (χ0) is 15.9. The topological polar surface area (TPSA) is 84.5 Å². The molecule has 1 saturated carbocycles. The number of halogens is 1. The van der Waals surface area contributed by atoms with Crippen LogP contribution in [0, 0.1) is 0 Å². The Bertz CT molecular complexity index is 570. The van der Waals surface area contributed by atoms with Crippen LogP contribution in [0.5, 0.6) is 0 Å². The van der Waals surface area contributed by atoms with Crippen LogP contribution in [0.15, 0.2) is 28.7 Å². The number of carbonyl (C=O) groups excluding carboxylic acids is 3. The third-order valence-electron chi connectivity index (χ3n) is 3.34. The monoisotopic (exact) mass is 368 g/mol. The number of benzene rings is 1. The van der Waals surface area contributed by atoms with Gasteiger partial charge in [0.2, 0.25) is 0 Å². The van der Waals surface area contributed by atoms with E-state index in [0.717, 1.165) is 30.2 Å². The second-order valence-corrected chi connectivity index (χ2v) is 6.01. The standard InChI is InChI=1S/C15H17BrN2O4/c16-11-5-3-4-10(8-11)14(20)22-9-13(19)18-15(21)17-12-6-1-2-7-12/h3-5,8,12H,1-2,6-7,9H2,(H2,17,18,19,21). The molecule has 22 heavy (non-hydrogen) atoms. The molecule has 0 aromatic heterocycles. The zero-order valence-electron chi connectivity index (χ0n) is 11.9. The van der Waals surface area contributed by atoms with Crippen molar-refractivity contribution in [3.05, 3.63) is 34.3 Å². The Morgan fingerprint density at radius 1 is 1.23 bits per heavy atom. The predicted molar refractivity (Wildman–Crippen MR) is 83.4 cm³/mol. The van der Waals surface area contributed by atoms with Gasteiger partial charge in [-0.15, -0.1) is 0 Å². The Hall–Kier alpha value is -1.89. The molecule has 0 atom stereocenters. The molecule has 1 fully saturated rings.